The van der Waals surface area contributed by atoms with Crippen LogP contribution in [-0.4, -0.2) is 45.3 Å². The summed E-state index contributed by atoms with van der Waals surface area (Å²) in [5.41, 5.74) is 1.10. The van der Waals surface area contributed by atoms with E-state index in [0.29, 0.717) is 16.0 Å². The Morgan fingerprint density at radius 2 is 1.88 bits per heavy atom. The van der Waals surface area contributed by atoms with Crippen LogP contribution in [0.2, 0.25) is 0 Å². The third-order valence-electron chi connectivity index (χ3n) is 3.62. The van der Waals surface area contributed by atoms with Crippen molar-refractivity contribution in [3.63, 3.8) is 0 Å². The molecular weight excluding hydrogens is 362 g/mol. The van der Waals surface area contributed by atoms with Crippen LogP contribution in [0.15, 0.2) is 29.2 Å². The zero-order valence-corrected chi connectivity index (χ0v) is 15.5. The lowest BCUT2D eigenvalue weighted by Crippen LogP contribution is -2.47. The molecule has 0 bridgehead atoms. The smallest absolute Gasteiger partial charge is 0.337 e. The molecule has 25 heavy (non-hydrogen) atoms. The number of carboxylic acids is 1. The Balaban J connectivity index is 2.28. The highest BCUT2D eigenvalue weighted by atomic mass is 32.2. The van der Waals surface area contributed by atoms with Crippen molar-refractivity contribution >= 4 is 52.2 Å². The number of nitrogens with zero attached hydrogens (tertiary/aromatic N) is 1. The van der Waals surface area contributed by atoms with Gasteiger partial charge in [-0.3, -0.25) is 9.69 Å². The molecule has 1 heterocycles. The molecule has 0 spiro atoms. The SMILES string of the molecule is COC(=O)c1ccc(/C=C2\SC(=S)N(C(C(=O)O)C(C)C)C2=O)cc1. The predicted octanol–water partition coefficient (Wildman–Crippen LogP) is 2.78. The van der Waals surface area contributed by atoms with Gasteiger partial charge in [-0.2, -0.15) is 0 Å². The van der Waals surface area contributed by atoms with Crippen LogP contribution < -0.4 is 0 Å². The molecule has 0 saturated carbocycles. The summed E-state index contributed by atoms with van der Waals surface area (Å²) in [5.74, 6) is -2.24. The van der Waals surface area contributed by atoms with Crippen molar-refractivity contribution in [2.45, 2.75) is 19.9 Å². The van der Waals surface area contributed by atoms with Crippen molar-refractivity contribution in [1.29, 1.82) is 0 Å². The number of thioether (sulfide) groups is 1. The molecule has 2 rings (SSSR count). The molecule has 1 saturated heterocycles. The molecule has 1 fully saturated rings. The molecule has 1 aliphatic rings. The van der Waals surface area contributed by atoms with E-state index < -0.39 is 23.9 Å². The number of ether oxygens (including phenoxy) is 1. The lowest BCUT2D eigenvalue weighted by Gasteiger charge is -2.26. The Labute approximate surface area is 154 Å². The third-order valence-corrected chi connectivity index (χ3v) is 4.95. The van der Waals surface area contributed by atoms with Gasteiger partial charge in [0.1, 0.15) is 10.4 Å². The van der Waals surface area contributed by atoms with Crippen LogP contribution in [0.25, 0.3) is 6.08 Å². The second kappa shape index (κ2) is 7.79. The molecular formula is C17H17NO5S2. The molecule has 0 aromatic heterocycles. The number of hydrogen-bond donors (Lipinski definition) is 1. The molecule has 1 atom stereocenters. The molecule has 6 nitrogen and oxygen atoms in total. The van der Waals surface area contributed by atoms with Crippen LogP contribution in [0, 0.1) is 5.92 Å². The number of esters is 1. The van der Waals surface area contributed by atoms with Crippen molar-refractivity contribution in [3.05, 3.63) is 40.3 Å². The van der Waals surface area contributed by atoms with Crippen LogP contribution >= 0.6 is 24.0 Å². The second-order valence-electron chi connectivity index (χ2n) is 5.69. The third kappa shape index (κ3) is 4.08. The molecule has 1 aliphatic heterocycles. The number of carbonyl (C=O) groups excluding carboxylic acids is 2. The van der Waals surface area contributed by atoms with Crippen molar-refractivity contribution in [1.82, 2.24) is 4.90 Å². The fourth-order valence-corrected chi connectivity index (χ4v) is 3.73. The number of amides is 1. The van der Waals surface area contributed by atoms with E-state index in [4.69, 9.17) is 12.2 Å². The molecule has 0 radical (unpaired) electrons. The van der Waals surface area contributed by atoms with E-state index in [-0.39, 0.29) is 10.2 Å². The Morgan fingerprint density at radius 1 is 1.28 bits per heavy atom. The van der Waals surface area contributed by atoms with E-state index in [9.17, 15) is 19.5 Å². The summed E-state index contributed by atoms with van der Waals surface area (Å²) in [7, 11) is 1.30. The number of methoxy groups -OCH3 is 1. The molecule has 1 aromatic rings. The number of rotatable bonds is 5. The normalized spacial score (nSPS) is 17.3. The number of hydrogen-bond acceptors (Lipinski definition) is 6. The van der Waals surface area contributed by atoms with Crippen LogP contribution in [0.4, 0.5) is 0 Å². The van der Waals surface area contributed by atoms with Crippen LogP contribution in [0.1, 0.15) is 29.8 Å². The summed E-state index contributed by atoms with van der Waals surface area (Å²) < 4.78 is 4.86. The van der Waals surface area contributed by atoms with E-state index in [1.807, 2.05) is 0 Å². The molecule has 132 valence electrons. The largest absolute Gasteiger partial charge is 0.480 e. The minimum Gasteiger partial charge on any atom is -0.480 e. The van der Waals surface area contributed by atoms with Gasteiger partial charge in [0.25, 0.3) is 5.91 Å². The summed E-state index contributed by atoms with van der Waals surface area (Å²) in [6, 6.07) is 5.53. The number of benzene rings is 1. The summed E-state index contributed by atoms with van der Waals surface area (Å²) in [4.78, 5) is 37.0. The van der Waals surface area contributed by atoms with Crippen molar-refractivity contribution in [2.24, 2.45) is 5.92 Å². The maximum Gasteiger partial charge on any atom is 0.337 e. The van der Waals surface area contributed by atoms with Gasteiger partial charge in [-0.05, 0) is 29.7 Å². The molecule has 1 aromatic carbocycles. The number of carboxylic acid groups (broad SMARTS) is 1. The molecule has 0 aliphatic carbocycles. The summed E-state index contributed by atoms with van der Waals surface area (Å²) in [5, 5.41) is 9.40. The minimum atomic E-state index is -1.09. The molecule has 1 amide bonds. The Kier molecular flexibility index (Phi) is 5.97. The number of aliphatic carboxylic acids is 1. The standard InChI is InChI=1S/C17H17NO5S2/c1-9(2)13(15(20)21)18-14(19)12(25-17(18)24)8-10-4-6-11(7-5-10)16(22)23-3/h4-9,13H,1-3H3,(H,20,21)/b12-8-. The number of thiocarbonyl (C=S) groups is 1. The average molecular weight is 379 g/mol. The molecule has 1 N–H and O–H groups in total. The van der Waals surface area contributed by atoms with Gasteiger partial charge in [-0.25, -0.2) is 9.59 Å². The first-order valence-corrected chi connectivity index (χ1v) is 8.67. The summed E-state index contributed by atoms with van der Waals surface area (Å²) >= 11 is 6.27. The fraction of sp³-hybridized carbons (Fsp3) is 0.294. The maximum atomic E-state index is 12.6. The first-order valence-electron chi connectivity index (χ1n) is 7.44. The fourth-order valence-electron chi connectivity index (χ4n) is 2.40. The topological polar surface area (TPSA) is 83.9 Å². The Morgan fingerprint density at radius 3 is 2.36 bits per heavy atom. The summed E-state index contributed by atoms with van der Waals surface area (Å²) in [6.07, 6.45) is 1.62. The monoisotopic (exact) mass is 379 g/mol. The van der Waals surface area contributed by atoms with Gasteiger partial charge < -0.3 is 9.84 Å². The minimum absolute atomic E-state index is 0.225. The van der Waals surface area contributed by atoms with Gasteiger partial charge >= 0.3 is 11.9 Å². The van der Waals surface area contributed by atoms with Crippen molar-refractivity contribution < 1.29 is 24.2 Å². The van der Waals surface area contributed by atoms with Crippen LogP contribution in [-0.2, 0) is 14.3 Å². The van der Waals surface area contributed by atoms with E-state index in [0.717, 1.165) is 16.7 Å². The van der Waals surface area contributed by atoms with E-state index in [1.165, 1.54) is 7.11 Å². The lowest BCUT2D eigenvalue weighted by molar-refractivity contribution is -0.146. The van der Waals surface area contributed by atoms with Crippen molar-refractivity contribution in [3.8, 4) is 0 Å². The predicted molar refractivity (Wildman–Crippen MR) is 99.1 cm³/mol. The first-order chi connectivity index (χ1) is 11.8. The Hall–Kier alpha value is -2.19. The highest BCUT2D eigenvalue weighted by molar-refractivity contribution is 8.26. The van der Waals surface area contributed by atoms with Crippen LogP contribution in [0.3, 0.4) is 0 Å². The quantitative estimate of drug-likeness (QED) is 0.478. The first kappa shape index (κ1) is 19.1. The second-order valence-corrected chi connectivity index (χ2v) is 7.37. The molecule has 8 heteroatoms. The van der Waals surface area contributed by atoms with Gasteiger partial charge in [-0.15, -0.1) is 0 Å². The van der Waals surface area contributed by atoms with Gasteiger partial charge in [0, 0.05) is 0 Å². The Bertz CT molecular complexity index is 755. The average Bonchev–Trinajstić information content (AvgIpc) is 2.82. The highest BCUT2D eigenvalue weighted by Crippen LogP contribution is 2.35. The van der Waals surface area contributed by atoms with Gasteiger partial charge in [0.2, 0.25) is 0 Å². The van der Waals surface area contributed by atoms with E-state index in [2.05, 4.69) is 4.74 Å². The van der Waals surface area contributed by atoms with Gasteiger partial charge in [0.05, 0.1) is 17.6 Å². The lowest BCUT2D eigenvalue weighted by atomic mass is 10.0. The van der Waals surface area contributed by atoms with Gasteiger partial charge in [0.15, 0.2) is 0 Å². The van der Waals surface area contributed by atoms with Crippen molar-refractivity contribution in [2.75, 3.05) is 7.11 Å². The van der Waals surface area contributed by atoms with E-state index in [1.54, 1.807) is 44.2 Å². The number of carbonyl (C=O) groups is 3. The zero-order chi connectivity index (χ0) is 18.7. The highest BCUT2D eigenvalue weighted by Gasteiger charge is 2.41. The molecule has 1 unspecified atom stereocenters. The maximum absolute atomic E-state index is 12.6. The van der Waals surface area contributed by atoms with E-state index >= 15 is 0 Å². The van der Waals surface area contributed by atoms with Crippen LogP contribution in [0.5, 0.6) is 0 Å². The van der Waals surface area contributed by atoms with Gasteiger partial charge in [-0.1, -0.05) is 50.0 Å². The summed E-state index contributed by atoms with van der Waals surface area (Å²) in [6.45, 7) is 3.46. The zero-order valence-electron chi connectivity index (χ0n) is 13.9.